The number of benzene rings is 1. The number of nitrogens with one attached hydrogen (secondary N) is 1. The van der Waals surface area contributed by atoms with Crippen LogP contribution >= 0.6 is 11.7 Å². The standard InChI is InChI=1S/C22H20F6N6O2S/c23-21(24,25)15-10-16(22(26,27)28)12-17(11-15)30-20(35)34-7-1-6-33(8-9-34)18-19(32-37-31-18)36-13-14-2-4-29-5-3-14/h2-5,10-12H,1,6-9,13H2,(H,30,35). The molecule has 1 aliphatic heterocycles. The number of halogens is 6. The lowest BCUT2D eigenvalue weighted by Gasteiger charge is -2.23. The molecule has 0 unspecified atom stereocenters. The third-order valence-corrected chi connectivity index (χ3v) is 5.99. The molecule has 1 saturated heterocycles. The molecule has 0 bridgehead atoms. The molecule has 15 heteroatoms. The third kappa shape index (κ3) is 6.78. The van der Waals surface area contributed by atoms with Crippen LogP contribution in [0.2, 0.25) is 0 Å². The second-order valence-corrected chi connectivity index (χ2v) is 8.62. The van der Waals surface area contributed by atoms with Gasteiger partial charge in [-0.2, -0.15) is 30.7 Å². The minimum Gasteiger partial charge on any atom is -0.470 e. The van der Waals surface area contributed by atoms with Gasteiger partial charge < -0.3 is 19.9 Å². The molecule has 8 nitrogen and oxygen atoms in total. The fourth-order valence-corrected chi connectivity index (χ4v) is 4.17. The van der Waals surface area contributed by atoms with Gasteiger partial charge in [-0.05, 0) is 42.3 Å². The van der Waals surface area contributed by atoms with Crippen LogP contribution < -0.4 is 15.0 Å². The van der Waals surface area contributed by atoms with Crippen molar-refractivity contribution >= 4 is 29.3 Å². The van der Waals surface area contributed by atoms with Crippen LogP contribution in [0.4, 0.5) is 42.6 Å². The Morgan fingerprint density at radius 3 is 2.27 bits per heavy atom. The number of hydrogen-bond donors (Lipinski definition) is 1. The fourth-order valence-electron chi connectivity index (χ4n) is 3.65. The first-order valence-corrected chi connectivity index (χ1v) is 11.7. The minimum atomic E-state index is -5.01. The molecule has 0 saturated carbocycles. The zero-order valence-corrected chi connectivity index (χ0v) is 19.8. The van der Waals surface area contributed by atoms with E-state index in [0.717, 1.165) is 17.3 Å². The number of ether oxygens (including phenoxy) is 1. The lowest BCUT2D eigenvalue weighted by atomic mass is 10.1. The third-order valence-electron chi connectivity index (χ3n) is 5.49. The van der Waals surface area contributed by atoms with Crippen molar-refractivity contribution < 1.29 is 35.9 Å². The lowest BCUT2D eigenvalue weighted by molar-refractivity contribution is -0.143. The van der Waals surface area contributed by atoms with Crippen LogP contribution in [-0.4, -0.2) is 50.8 Å². The van der Waals surface area contributed by atoms with Crippen LogP contribution in [0.1, 0.15) is 23.1 Å². The Kier molecular flexibility index (Phi) is 7.71. The maximum absolute atomic E-state index is 13.1. The van der Waals surface area contributed by atoms with E-state index in [1.807, 2.05) is 4.90 Å². The summed E-state index contributed by atoms with van der Waals surface area (Å²) < 4.78 is 93.0. The Balaban J connectivity index is 1.41. The molecule has 1 aromatic carbocycles. The number of nitrogens with zero attached hydrogens (tertiary/aromatic N) is 5. The number of aromatic nitrogens is 3. The molecule has 2 aromatic heterocycles. The highest BCUT2D eigenvalue weighted by atomic mass is 32.1. The number of urea groups is 1. The smallest absolute Gasteiger partial charge is 0.416 e. The van der Waals surface area contributed by atoms with Crippen LogP contribution in [0.3, 0.4) is 0 Å². The largest absolute Gasteiger partial charge is 0.470 e. The molecular weight excluding hydrogens is 526 g/mol. The second-order valence-electron chi connectivity index (χ2n) is 8.09. The highest BCUT2D eigenvalue weighted by Crippen LogP contribution is 2.37. The molecule has 1 fully saturated rings. The van der Waals surface area contributed by atoms with Crippen molar-refractivity contribution in [2.75, 3.05) is 36.4 Å². The van der Waals surface area contributed by atoms with Gasteiger partial charge in [-0.3, -0.25) is 4.98 Å². The van der Waals surface area contributed by atoms with E-state index in [0.29, 0.717) is 43.3 Å². The number of hydrogen-bond acceptors (Lipinski definition) is 7. The molecule has 3 heterocycles. The zero-order chi connectivity index (χ0) is 26.6. The van der Waals surface area contributed by atoms with Crippen molar-refractivity contribution in [2.24, 2.45) is 0 Å². The van der Waals surface area contributed by atoms with Gasteiger partial charge >= 0.3 is 18.4 Å². The van der Waals surface area contributed by atoms with Crippen molar-refractivity contribution in [3.8, 4) is 5.88 Å². The Morgan fingerprint density at radius 1 is 0.946 bits per heavy atom. The van der Waals surface area contributed by atoms with E-state index in [9.17, 15) is 31.1 Å². The number of alkyl halides is 6. The zero-order valence-electron chi connectivity index (χ0n) is 19.0. The van der Waals surface area contributed by atoms with E-state index in [-0.39, 0.29) is 25.8 Å². The van der Waals surface area contributed by atoms with E-state index in [1.54, 1.807) is 24.5 Å². The van der Waals surface area contributed by atoms with Gasteiger partial charge in [0.2, 0.25) is 5.82 Å². The SMILES string of the molecule is O=C(Nc1cc(C(F)(F)F)cc(C(F)(F)F)c1)N1CCCN(c2nsnc2OCc2ccncc2)CC1. The summed E-state index contributed by atoms with van der Waals surface area (Å²) in [6.45, 7) is 1.43. The van der Waals surface area contributed by atoms with Crippen LogP contribution in [0, 0.1) is 0 Å². The van der Waals surface area contributed by atoms with Gasteiger partial charge in [0.05, 0.1) is 22.9 Å². The number of anilines is 2. The Morgan fingerprint density at radius 2 is 1.62 bits per heavy atom. The molecule has 2 amide bonds. The minimum absolute atomic E-state index is 0.00962. The number of rotatable bonds is 5. The molecule has 1 aliphatic rings. The first kappa shape index (κ1) is 26.4. The van der Waals surface area contributed by atoms with Crippen molar-refractivity contribution in [2.45, 2.75) is 25.4 Å². The van der Waals surface area contributed by atoms with Crippen molar-refractivity contribution in [1.82, 2.24) is 18.6 Å². The van der Waals surface area contributed by atoms with Gasteiger partial charge in [0.25, 0.3) is 5.88 Å². The summed E-state index contributed by atoms with van der Waals surface area (Å²) in [4.78, 5) is 19.9. The molecular formula is C22H20F6N6O2S. The van der Waals surface area contributed by atoms with Crippen LogP contribution in [-0.2, 0) is 19.0 Å². The van der Waals surface area contributed by atoms with Gasteiger partial charge in [-0.1, -0.05) is 0 Å². The number of carbonyl (C=O) groups is 1. The van der Waals surface area contributed by atoms with Gasteiger partial charge in [0.15, 0.2) is 0 Å². The van der Waals surface area contributed by atoms with Gasteiger partial charge in [-0.15, -0.1) is 4.37 Å². The highest BCUT2D eigenvalue weighted by molar-refractivity contribution is 6.99. The fraction of sp³-hybridized carbons (Fsp3) is 0.364. The first-order valence-electron chi connectivity index (χ1n) is 11.0. The molecule has 0 spiro atoms. The topological polar surface area (TPSA) is 83.5 Å². The molecule has 0 radical (unpaired) electrons. The first-order chi connectivity index (χ1) is 17.5. The Labute approximate surface area is 211 Å². The summed E-state index contributed by atoms with van der Waals surface area (Å²) in [5.74, 6) is 0.817. The van der Waals surface area contributed by atoms with Crippen molar-refractivity contribution in [3.05, 3.63) is 59.4 Å². The molecule has 37 heavy (non-hydrogen) atoms. The number of carbonyl (C=O) groups excluding carboxylic acids is 1. The van der Waals surface area contributed by atoms with E-state index < -0.39 is 35.2 Å². The second kappa shape index (κ2) is 10.8. The normalized spacial score (nSPS) is 14.9. The average Bonchev–Trinajstić information content (AvgIpc) is 3.17. The van der Waals surface area contributed by atoms with Crippen molar-refractivity contribution in [3.63, 3.8) is 0 Å². The molecule has 198 valence electrons. The number of pyridine rings is 1. The summed E-state index contributed by atoms with van der Waals surface area (Å²) in [5, 5.41) is 2.18. The Bertz CT molecular complexity index is 1190. The molecule has 0 atom stereocenters. The maximum atomic E-state index is 13.1. The lowest BCUT2D eigenvalue weighted by Crippen LogP contribution is -2.38. The van der Waals surface area contributed by atoms with E-state index in [2.05, 4.69) is 19.0 Å². The maximum Gasteiger partial charge on any atom is 0.416 e. The van der Waals surface area contributed by atoms with Gasteiger partial charge in [0.1, 0.15) is 6.61 Å². The molecule has 3 aromatic rings. The average molecular weight is 546 g/mol. The summed E-state index contributed by atoms with van der Waals surface area (Å²) in [6, 6.07) is 3.75. The molecule has 1 N–H and O–H groups in total. The van der Waals surface area contributed by atoms with E-state index >= 15 is 0 Å². The van der Waals surface area contributed by atoms with Gasteiger partial charge in [0, 0.05) is 44.3 Å². The van der Waals surface area contributed by atoms with Crippen LogP contribution in [0.5, 0.6) is 5.88 Å². The van der Waals surface area contributed by atoms with E-state index in [1.165, 1.54) is 4.90 Å². The van der Waals surface area contributed by atoms with Crippen LogP contribution in [0.15, 0.2) is 42.7 Å². The predicted molar refractivity (Wildman–Crippen MR) is 122 cm³/mol. The summed E-state index contributed by atoms with van der Waals surface area (Å²) in [5.41, 5.74) is -2.72. The summed E-state index contributed by atoms with van der Waals surface area (Å²) in [7, 11) is 0. The predicted octanol–water partition coefficient (Wildman–Crippen LogP) is 5.29. The summed E-state index contributed by atoms with van der Waals surface area (Å²) >= 11 is 0.962. The number of amides is 2. The van der Waals surface area contributed by atoms with Gasteiger partial charge in [-0.25, -0.2) is 4.79 Å². The molecule has 4 rings (SSSR count). The van der Waals surface area contributed by atoms with Crippen LogP contribution in [0.25, 0.3) is 0 Å². The van der Waals surface area contributed by atoms with E-state index in [4.69, 9.17) is 4.74 Å². The quantitative estimate of drug-likeness (QED) is 0.438. The monoisotopic (exact) mass is 546 g/mol. The summed E-state index contributed by atoms with van der Waals surface area (Å²) in [6.07, 6.45) is -6.27. The Hall–Kier alpha value is -3.62. The van der Waals surface area contributed by atoms with Crippen molar-refractivity contribution in [1.29, 1.82) is 0 Å². The highest BCUT2D eigenvalue weighted by Gasteiger charge is 2.37. The molecule has 0 aliphatic carbocycles.